The summed E-state index contributed by atoms with van der Waals surface area (Å²) in [5, 5.41) is 26.0. The molecule has 5 nitrogen and oxygen atoms in total. The molecule has 1 aromatic rings. The number of rotatable bonds is 5. The molecule has 2 atom stereocenters. The molecule has 5 heteroatoms. The number of nitrogens with zero attached hydrogens (tertiary/aromatic N) is 2. The maximum atomic E-state index is 9.66. The zero-order valence-electron chi connectivity index (χ0n) is 10.4. The van der Waals surface area contributed by atoms with Gasteiger partial charge in [0, 0.05) is 31.4 Å². The molecule has 0 radical (unpaired) electrons. The van der Waals surface area contributed by atoms with E-state index in [1.54, 1.807) is 11.6 Å². The number of hydrogen-bond acceptors (Lipinski definition) is 4. The Morgan fingerprint density at radius 2 is 2.25 bits per heavy atom. The Balaban J connectivity index is 2.59. The third-order valence-corrected chi connectivity index (χ3v) is 2.65. The maximum Gasteiger partial charge on any atom is 0.0973 e. The van der Waals surface area contributed by atoms with Gasteiger partial charge < -0.3 is 15.5 Å². The Bertz CT molecular complexity index is 347. The van der Waals surface area contributed by atoms with Crippen LogP contribution in [0.25, 0.3) is 0 Å². The number of nitrogens with one attached hydrogen (secondary N) is 1. The van der Waals surface area contributed by atoms with E-state index in [9.17, 15) is 5.11 Å². The predicted molar refractivity (Wildman–Crippen MR) is 62.1 cm³/mol. The highest BCUT2D eigenvalue weighted by Gasteiger charge is 2.20. The number of aliphatic hydroxyl groups excluding tert-OH is 1. The van der Waals surface area contributed by atoms with E-state index in [0.29, 0.717) is 6.54 Å². The monoisotopic (exact) mass is 227 g/mol. The Labute approximate surface area is 96.1 Å². The van der Waals surface area contributed by atoms with Crippen LogP contribution in [0.15, 0.2) is 6.20 Å². The third-order valence-electron chi connectivity index (χ3n) is 2.65. The fourth-order valence-electron chi connectivity index (χ4n) is 1.58. The average Bonchev–Trinajstić information content (AvgIpc) is 2.54. The van der Waals surface area contributed by atoms with E-state index in [4.69, 9.17) is 5.11 Å². The van der Waals surface area contributed by atoms with Crippen molar-refractivity contribution in [1.29, 1.82) is 0 Å². The van der Waals surface area contributed by atoms with Crippen molar-refractivity contribution in [2.75, 3.05) is 13.2 Å². The van der Waals surface area contributed by atoms with E-state index in [2.05, 4.69) is 10.4 Å². The number of aromatic nitrogens is 2. The van der Waals surface area contributed by atoms with Crippen LogP contribution in [-0.4, -0.2) is 38.7 Å². The second-order valence-electron chi connectivity index (χ2n) is 4.60. The molecule has 0 bridgehead atoms. The smallest absolute Gasteiger partial charge is 0.0973 e. The molecule has 0 aliphatic rings. The quantitative estimate of drug-likeness (QED) is 0.668. The van der Waals surface area contributed by atoms with Crippen LogP contribution in [0.3, 0.4) is 0 Å². The molecule has 92 valence electrons. The molecule has 0 spiro atoms. The average molecular weight is 227 g/mol. The Morgan fingerprint density at radius 1 is 1.62 bits per heavy atom. The fourth-order valence-corrected chi connectivity index (χ4v) is 1.58. The molecule has 1 aromatic heterocycles. The van der Waals surface area contributed by atoms with Crippen LogP contribution in [0.4, 0.5) is 0 Å². The van der Waals surface area contributed by atoms with Gasteiger partial charge in [-0.15, -0.1) is 0 Å². The van der Waals surface area contributed by atoms with Crippen LogP contribution in [0.2, 0.25) is 0 Å². The number of aliphatic hydroxyl groups is 2. The minimum Gasteiger partial charge on any atom is -0.393 e. The van der Waals surface area contributed by atoms with Crippen molar-refractivity contribution in [3.8, 4) is 0 Å². The normalized spacial score (nSPS) is 17.1. The van der Waals surface area contributed by atoms with Crippen molar-refractivity contribution >= 4 is 0 Å². The summed E-state index contributed by atoms with van der Waals surface area (Å²) in [7, 11) is 1.88. The molecule has 0 fully saturated rings. The summed E-state index contributed by atoms with van der Waals surface area (Å²) in [6.45, 7) is 5.66. The van der Waals surface area contributed by atoms with Gasteiger partial charge in [-0.1, -0.05) is 0 Å². The molecule has 1 heterocycles. The van der Waals surface area contributed by atoms with Crippen LogP contribution in [0.1, 0.15) is 31.1 Å². The standard InChI is InChI=1S/C11H21N3O2/c1-8(12-6-11(3,16)7-15)10-5-14(4)13-9(10)2/h5,8,12,15-16H,6-7H2,1-4H3. The highest BCUT2D eigenvalue weighted by atomic mass is 16.3. The topological polar surface area (TPSA) is 70.3 Å². The summed E-state index contributed by atoms with van der Waals surface area (Å²) >= 11 is 0. The largest absolute Gasteiger partial charge is 0.393 e. The van der Waals surface area contributed by atoms with Gasteiger partial charge in [0.25, 0.3) is 0 Å². The lowest BCUT2D eigenvalue weighted by atomic mass is 10.1. The van der Waals surface area contributed by atoms with Crippen LogP contribution >= 0.6 is 0 Å². The summed E-state index contributed by atoms with van der Waals surface area (Å²) in [4.78, 5) is 0. The van der Waals surface area contributed by atoms with Crippen LogP contribution in [-0.2, 0) is 7.05 Å². The highest BCUT2D eigenvalue weighted by molar-refractivity contribution is 5.19. The number of aryl methyl sites for hydroxylation is 2. The first-order valence-electron chi connectivity index (χ1n) is 5.42. The molecule has 0 saturated heterocycles. The van der Waals surface area contributed by atoms with Gasteiger partial charge in [-0.3, -0.25) is 4.68 Å². The molecule has 0 saturated carbocycles. The summed E-state index contributed by atoms with van der Waals surface area (Å²) in [6.07, 6.45) is 1.96. The lowest BCUT2D eigenvalue weighted by molar-refractivity contribution is 0.00104. The minimum absolute atomic E-state index is 0.103. The van der Waals surface area contributed by atoms with Gasteiger partial charge in [0.1, 0.15) is 0 Å². The van der Waals surface area contributed by atoms with Crippen LogP contribution < -0.4 is 5.32 Å². The molecular weight excluding hydrogens is 206 g/mol. The van der Waals surface area contributed by atoms with E-state index in [1.807, 2.05) is 27.1 Å². The molecule has 0 aliphatic carbocycles. The zero-order chi connectivity index (χ0) is 12.3. The van der Waals surface area contributed by atoms with Crippen LogP contribution in [0.5, 0.6) is 0 Å². The van der Waals surface area contributed by atoms with E-state index in [1.165, 1.54) is 0 Å². The first kappa shape index (κ1) is 13.2. The van der Waals surface area contributed by atoms with Crippen molar-refractivity contribution < 1.29 is 10.2 Å². The van der Waals surface area contributed by atoms with Crippen molar-refractivity contribution in [3.63, 3.8) is 0 Å². The van der Waals surface area contributed by atoms with E-state index < -0.39 is 5.60 Å². The van der Waals surface area contributed by atoms with Gasteiger partial charge in [0.05, 0.1) is 17.9 Å². The molecule has 2 unspecified atom stereocenters. The molecule has 0 aromatic carbocycles. The maximum absolute atomic E-state index is 9.66. The van der Waals surface area contributed by atoms with Crippen molar-refractivity contribution in [2.45, 2.75) is 32.4 Å². The molecule has 0 aliphatic heterocycles. The van der Waals surface area contributed by atoms with E-state index >= 15 is 0 Å². The van der Waals surface area contributed by atoms with Gasteiger partial charge >= 0.3 is 0 Å². The minimum atomic E-state index is -1.08. The zero-order valence-corrected chi connectivity index (χ0v) is 10.4. The van der Waals surface area contributed by atoms with Gasteiger partial charge in [-0.05, 0) is 20.8 Å². The lowest BCUT2D eigenvalue weighted by Crippen LogP contribution is -2.41. The Morgan fingerprint density at radius 3 is 2.69 bits per heavy atom. The molecular formula is C11H21N3O2. The molecule has 1 rings (SSSR count). The summed E-state index contributed by atoms with van der Waals surface area (Å²) < 4.78 is 1.77. The second-order valence-corrected chi connectivity index (χ2v) is 4.60. The van der Waals surface area contributed by atoms with Crippen LogP contribution in [0, 0.1) is 6.92 Å². The van der Waals surface area contributed by atoms with Crippen molar-refractivity contribution in [3.05, 3.63) is 17.5 Å². The third kappa shape index (κ3) is 3.30. The first-order valence-corrected chi connectivity index (χ1v) is 5.42. The Kier molecular flexibility index (Phi) is 4.07. The fraction of sp³-hybridized carbons (Fsp3) is 0.727. The number of hydrogen-bond donors (Lipinski definition) is 3. The predicted octanol–water partition coefficient (Wildman–Crippen LogP) is 0.122. The Hall–Kier alpha value is -0.910. The SMILES string of the molecule is Cc1nn(C)cc1C(C)NCC(C)(O)CO. The summed E-state index contributed by atoms with van der Waals surface area (Å²) in [5.41, 5.74) is 1.01. The second kappa shape index (κ2) is 4.95. The van der Waals surface area contributed by atoms with Crippen molar-refractivity contribution in [1.82, 2.24) is 15.1 Å². The van der Waals surface area contributed by atoms with Gasteiger partial charge in [-0.25, -0.2) is 0 Å². The molecule has 16 heavy (non-hydrogen) atoms. The van der Waals surface area contributed by atoms with Gasteiger partial charge in [-0.2, -0.15) is 5.10 Å². The van der Waals surface area contributed by atoms with E-state index in [-0.39, 0.29) is 12.6 Å². The van der Waals surface area contributed by atoms with Crippen molar-refractivity contribution in [2.24, 2.45) is 7.05 Å². The summed E-state index contributed by atoms with van der Waals surface area (Å²) in [5.74, 6) is 0. The first-order chi connectivity index (χ1) is 7.35. The highest BCUT2D eigenvalue weighted by Crippen LogP contribution is 2.16. The molecule has 0 amide bonds. The van der Waals surface area contributed by atoms with Gasteiger partial charge in [0.2, 0.25) is 0 Å². The van der Waals surface area contributed by atoms with Gasteiger partial charge in [0.15, 0.2) is 0 Å². The molecule has 3 N–H and O–H groups in total. The van der Waals surface area contributed by atoms with E-state index in [0.717, 1.165) is 11.3 Å². The summed E-state index contributed by atoms with van der Waals surface area (Å²) in [6, 6.07) is 0.103. The lowest BCUT2D eigenvalue weighted by Gasteiger charge is -2.23.